The quantitative estimate of drug-likeness (QED) is 0.671. The van der Waals surface area contributed by atoms with Crippen molar-refractivity contribution in [2.45, 2.75) is 45.3 Å². The maximum atomic E-state index is 12.3. The molecule has 1 unspecified atom stereocenters. The highest BCUT2D eigenvalue weighted by molar-refractivity contribution is 5.85. The zero-order chi connectivity index (χ0) is 19.3. The minimum atomic E-state index is 0.103. The van der Waals surface area contributed by atoms with Crippen LogP contribution in [0.3, 0.4) is 0 Å². The first-order valence-corrected chi connectivity index (χ1v) is 10.2. The van der Waals surface area contributed by atoms with Gasteiger partial charge in [-0.1, -0.05) is 48.0 Å². The Morgan fingerprint density at radius 2 is 2.00 bits per heavy atom. The number of carbonyl (C=O) groups is 1. The van der Waals surface area contributed by atoms with E-state index in [1.165, 1.54) is 27.6 Å². The summed E-state index contributed by atoms with van der Waals surface area (Å²) in [6, 6.07) is 17.1. The molecule has 0 spiro atoms. The maximum Gasteiger partial charge on any atom is 0.220 e. The molecule has 1 aliphatic rings. The first-order chi connectivity index (χ1) is 13.7. The van der Waals surface area contributed by atoms with E-state index < -0.39 is 0 Å². The van der Waals surface area contributed by atoms with E-state index in [1.807, 2.05) is 0 Å². The Balaban J connectivity index is 1.43. The van der Waals surface area contributed by atoms with Crippen molar-refractivity contribution in [3.8, 4) is 0 Å². The lowest BCUT2D eigenvalue weighted by molar-refractivity contribution is -0.121. The number of amides is 1. The van der Waals surface area contributed by atoms with Crippen LogP contribution in [-0.4, -0.2) is 29.7 Å². The second-order valence-electron chi connectivity index (χ2n) is 7.72. The Labute approximate surface area is 166 Å². The van der Waals surface area contributed by atoms with Crippen LogP contribution in [0.15, 0.2) is 54.7 Å². The number of hydrogen-bond donors (Lipinski definition) is 1. The van der Waals surface area contributed by atoms with Crippen LogP contribution in [0.25, 0.3) is 10.9 Å². The summed E-state index contributed by atoms with van der Waals surface area (Å²) >= 11 is 0. The molecule has 1 amide bonds. The summed E-state index contributed by atoms with van der Waals surface area (Å²) in [4.78, 5) is 12.3. The lowest BCUT2D eigenvalue weighted by atomic mass is 10.1. The first kappa shape index (κ1) is 18.8. The van der Waals surface area contributed by atoms with E-state index in [0.29, 0.717) is 13.0 Å². The topological polar surface area (TPSA) is 43.3 Å². The van der Waals surface area contributed by atoms with Crippen LogP contribution in [0.1, 0.15) is 36.0 Å². The molecule has 4 rings (SSSR count). The fourth-order valence-corrected chi connectivity index (χ4v) is 3.91. The SMILES string of the molecule is Cc1ccc(Cn2cc(CCC(=O)NCC3CCCO3)c3ccccc32)cc1. The lowest BCUT2D eigenvalue weighted by Crippen LogP contribution is -2.31. The molecule has 4 nitrogen and oxygen atoms in total. The number of benzene rings is 2. The Morgan fingerprint density at radius 1 is 1.18 bits per heavy atom. The number of para-hydroxylation sites is 1. The highest BCUT2D eigenvalue weighted by Crippen LogP contribution is 2.24. The van der Waals surface area contributed by atoms with Crippen molar-refractivity contribution in [3.05, 3.63) is 71.4 Å². The summed E-state index contributed by atoms with van der Waals surface area (Å²) in [6.45, 7) is 4.40. The fraction of sp³-hybridized carbons (Fsp3) is 0.375. The number of hydrogen-bond acceptors (Lipinski definition) is 2. The van der Waals surface area contributed by atoms with E-state index in [4.69, 9.17) is 4.74 Å². The van der Waals surface area contributed by atoms with E-state index >= 15 is 0 Å². The average molecular weight is 377 g/mol. The minimum absolute atomic E-state index is 0.103. The third kappa shape index (κ3) is 4.45. The summed E-state index contributed by atoms with van der Waals surface area (Å²) in [5.74, 6) is 0.103. The Kier molecular flexibility index (Phi) is 5.77. The molecule has 1 atom stereocenters. The van der Waals surface area contributed by atoms with Crippen molar-refractivity contribution in [3.63, 3.8) is 0 Å². The van der Waals surface area contributed by atoms with Gasteiger partial charge in [0.1, 0.15) is 0 Å². The summed E-state index contributed by atoms with van der Waals surface area (Å²) in [7, 11) is 0. The molecule has 1 saturated heterocycles. The van der Waals surface area contributed by atoms with Gasteiger partial charge in [0.15, 0.2) is 0 Å². The molecule has 146 valence electrons. The third-order valence-corrected chi connectivity index (χ3v) is 5.52. The van der Waals surface area contributed by atoms with Gasteiger partial charge >= 0.3 is 0 Å². The van der Waals surface area contributed by atoms with Gasteiger partial charge in [0.05, 0.1) is 6.10 Å². The minimum Gasteiger partial charge on any atom is -0.376 e. The largest absolute Gasteiger partial charge is 0.376 e. The number of aryl methyl sites for hydroxylation is 2. The fourth-order valence-electron chi connectivity index (χ4n) is 3.91. The second kappa shape index (κ2) is 8.61. The van der Waals surface area contributed by atoms with Gasteiger partial charge in [-0.2, -0.15) is 0 Å². The number of carbonyl (C=O) groups excluding carboxylic acids is 1. The van der Waals surface area contributed by atoms with E-state index in [9.17, 15) is 4.79 Å². The van der Waals surface area contributed by atoms with Gasteiger partial charge in [-0.15, -0.1) is 0 Å². The predicted octanol–water partition coefficient (Wildman–Crippen LogP) is 4.23. The van der Waals surface area contributed by atoms with E-state index in [2.05, 4.69) is 71.5 Å². The molecule has 28 heavy (non-hydrogen) atoms. The molecule has 0 bridgehead atoms. The van der Waals surface area contributed by atoms with Gasteiger partial charge in [0.2, 0.25) is 5.91 Å². The molecule has 1 aromatic heterocycles. The normalized spacial score (nSPS) is 16.5. The number of fused-ring (bicyclic) bond motifs is 1. The van der Waals surface area contributed by atoms with Gasteiger partial charge in [-0.05, 0) is 43.4 Å². The average Bonchev–Trinajstić information content (AvgIpc) is 3.35. The van der Waals surface area contributed by atoms with Gasteiger partial charge in [-0.25, -0.2) is 0 Å². The van der Waals surface area contributed by atoms with Crippen molar-refractivity contribution < 1.29 is 9.53 Å². The summed E-state index contributed by atoms with van der Waals surface area (Å²) in [5, 5.41) is 4.26. The molecular weight excluding hydrogens is 348 g/mol. The monoisotopic (exact) mass is 376 g/mol. The van der Waals surface area contributed by atoms with Crippen molar-refractivity contribution in [1.82, 2.24) is 9.88 Å². The second-order valence-corrected chi connectivity index (χ2v) is 7.72. The van der Waals surface area contributed by atoms with Gasteiger partial charge in [-0.3, -0.25) is 4.79 Å². The van der Waals surface area contributed by atoms with Crippen molar-refractivity contribution in [1.29, 1.82) is 0 Å². The summed E-state index contributed by atoms with van der Waals surface area (Å²) < 4.78 is 7.86. The van der Waals surface area contributed by atoms with Crippen LogP contribution in [0, 0.1) is 6.92 Å². The van der Waals surface area contributed by atoms with Crippen LogP contribution >= 0.6 is 0 Å². The molecule has 2 aromatic carbocycles. The van der Waals surface area contributed by atoms with Crippen LogP contribution in [0.4, 0.5) is 0 Å². The summed E-state index contributed by atoms with van der Waals surface area (Å²) in [6.07, 6.45) is 5.80. The number of aromatic nitrogens is 1. The van der Waals surface area contributed by atoms with Crippen LogP contribution in [0.2, 0.25) is 0 Å². The number of ether oxygens (including phenoxy) is 1. The molecular formula is C24H28N2O2. The molecule has 1 N–H and O–H groups in total. The molecule has 1 aliphatic heterocycles. The van der Waals surface area contributed by atoms with Gasteiger partial charge in [0, 0.05) is 43.2 Å². The highest BCUT2D eigenvalue weighted by Gasteiger charge is 2.16. The molecule has 1 fully saturated rings. The molecule has 0 radical (unpaired) electrons. The lowest BCUT2D eigenvalue weighted by Gasteiger charge is -2.10. The predicted molar refractivity (Wildman–Crippen MR) is 113 cm³/mol. The first-order valence-electron chi connectivity index (χ1n) is 10.2. The van der Waals surface area contributed by atoms with E-state index in [0.717, 1.165) is 32.4 Å². The van der Waals surface area contributed by atoms with Crippen LogP contribution in [-0.2, 0) is 22.5 Å². The van der Waals surface area contributed by atoms with E-state index in [1.54, 1.807) is 0 Å². The van der Waals surface area contributed by atoms with Gasteiger partial charge < -0.3 is 14.6 Å². The molecule has 2 heterocycles. The molecule has 4 heteroatoms. The maximum absolute atomic E-state index is 12.3. The van der Waals surface area contributed by atoms with Crippen LogP contribution in [0.5, 0.6) is 0 Å². The van der Waals surface area contributed by atoms with Gasteiger partial charge in [0.25, 0.3) is 0 Å². The van der Waals surface area contributed by atoms with Crippen molar-refractivity contribution in [2.24, 2.45) is 0 Å². The Hall–Kier alpha value is -2.59. The summed E-state index contributed by atoms with van der Waals surface area (Å²) in [5.41, 5.74) is 5.01. The number of rotatable bonds is 7. The van der Waals surface area contributed by atoms with Crippen LogP contribution < -0.4 is 5.32 Å². The Morgan fingerprint density at radius 3 is 2.79 bits per heavy atom. The Bertz CT molecular complexity index is 937. The zero-order valence-corrected chi connectivity index (χ0v) is 16.5. The van der Waals surface area contributed by atoms with E-state index in [-0.39, 0.29) is 12.0 Å². The molecule has 3 aromatic rings. The standard InChI is InChI=1S/C24H28N2O2/c1-18-8-10-19(11-9-18)16-26-17-20(22-6-2-3-7-23(22)26)12-13-24(27)25-15-21-5-4-14-28-21/h2-3,6-11,17,21H,4-5,12-16H2,1H3,(H,25,27). The smallest absolute Gasteiger partial charge is 0.220 e. The number of nitrogens with zero attached hydrogens (tertiary/aromatic N) is 1. The molecule has 0 aliphatic carbocycles. The van der Waals surface area contributed by atoms with Crippen molar-refractivity contribution >= 4 is 16.8 Å². The third-order valence-electron chi connectivity index (χ3n) is 5.52. The molecule has 0 saturated carbocycles. The zero-order valence-electron chi connectivity index (χ0n) is 16.5. The number of nitrogens with one attached hydrogen (secondary N) is 1. The highest BCUT2D eigenvalue weighted by atomic mass is 16.5. The van der Waals surface area contributed by atoms with Crippen molar-refractivity contribution in [2.75, 3.05) is 13.2 Å².